The molecule has 106 valence electrons. The zero-order valence-electron chi connectivity index (χ0n) is 11.9. The van der Waals surface area contributed by atoms with E-state index < -0.39 is 0 Å². The van der Waals surface area contributed by atoms with Crippen molar-refractivity contribution in [2.75, 3.05) is 30.3 Å². The van der Waals surface area contributed by atoms with Gasteiger partial charge in [0.05, 0.1) is 0 Å². The highest BCUT2D eigenvalue weighted by atomic mass is 15.2. The van der Waals surface area contributed by atoms with Crippen molar-refractivity contribution in [3.05, 3.63) is 12.3 Å². The van der Waals surface area contributed by atoms with Crippen LogP contribution in [0.5, 0.6) is 0 Å². The van der Waals surface area contributed by atoms with Gasteiger partial charge < -0.3 is 16.0 Å². The Morgan fingerprint density at radius 1 is 1.47 bits per heavy atom. The second kappa shape index (κ2) is 7.28. The zero-order valence-corrected chi connectivity index (χ0v) is 11.9. The standard InChI is InChI=1S/C14H25N5/c1-11(2)5-8-16-13-6-9-17-14(19-13)18-12-4-3-7-15-10-12/h6,9,11-12,15H,3-5,7-8,10H2,1-2H3,(H2,16,17,18,19). The van der Waals surface area contributed by atoms with E-state index in [2.05, 4.69) is 39.8 Å². The van der Waals surface area contributed by atoms with Crippen LogP contribution in [0, 0.1) is 5.92 Å². The van der Waals surface area contributed by atoms with Crippen LogP contribution in [0.2, 0.25) is 0 Å². The van der Waals surface area contributed by atoms with E-state index in [9.17, 15) is 0 Å². The fraction of sp³-hybridized carbons (Fsp3) is 0.714. The van der Waals surface area contributed by atoms with E-state index in [1.807, 2.05) is 12.3 Å². The topological polar surface area (TPSA) is 61.9 Å². The Bertz CT molecular complexity index is 374. The summed E-state index contributed by atoms with van der Waals surface area (Å²) in [6.07, 6.45) is 5.36. The van der Waals surface area contributed by atoms with Crippen LogP contribution >= 0.6 is 0 Å². The molecule has 1 saturated heterocycles. The third kappa shape index (κ3) is 5.03. The number of nitrogens with zero attached hydrogens (tertiary/aromatic N) is 2. The number of nitrogens with one attached hydrogen (secondary N) is 3. The van der Waals surface area contributed by atoms with Gasteiger partial charge in [-0.25, -0.2) is 4.98 Å². The lowest BCUT2D eigenvalue weighted by Gasteiger charge is -2.23. The lowest BCUT2D eigenvalue weighted by Crippen LogP contribution is -2.38. The minimum atomic E-state index is 0.444. The van der Waals surface area contributed by atoms with Gasteiger partial charge in [0.15, 0.2) is 0 Å². The maximum atomic E-state index is 4.50. The molecule has 19 heavy (non-hydrogen) atoms. The Kier molecular flexibility index (Phi) is 5.39. The maximum absolute atomic E-state index is 4.50. The van der Waals surface area contributed by atoms with Gasteiger partial charge in [-0.15, -0.1) is 0 Å². The molecular weight excluding hydrogens is 238 g/mol. The first kappa shape index (κ1) is 14.1. The molecule has 0 aliphatic carbocycles. The molecule has 1 aromatic heterocycles. The summed E-state index contributed by atoms with van der Waals surface area (Å²) >= 11 is 0. The highest BCUT2D eigenvalue weighted by Crippen LogP contribution is 2.11. The minimum Gasteiger partial charge on any atom is -0.370 e. The van der Waals surface area contributed by atoms with E-state index in [1.54, 1.807) is 0 Å². The number of aromatic nitrogens is 2. The van der Waals surface area contributed by atoms with Crippen LogP contribution in [-0.4, -0.2) is 35.6 Å². The van der Waals surface area contributed by atoms with Gasteiger partial charge in [0, 0.05) is 25.3 Å². The lowest BCUT2D eigenvalue weighted by atomic mass is 10.1. The van der Waals surface area contributed by atoms with Gasteiger partial charge in [-0.2, -0.15) is 4.98 Å². The summed E-state index contributed by atoms with van der Waals surface area (Å²) in [4.78, 5) is 8.79. The third-order valence-corrected chi connectivity index (χ3v) is 3.31. The third-order valence-electron chi connectivity index (χ3n) is 3.31. The van der Waals surface area contributed by atoms with Crippen LogP contribution in [0.4, 0.5) is 11.8 Å². The summed E-state index contributed by atoms with van der Waals surface area (Å²) < 4.78 is 0. The van der Waals surface area contributed by atoms with Crippen molar-refractivity contribution >= 4 is 11.8 Å². The average molecular weight is 263 g/mol. The van der Waals surface area contributed by atoms with Gasteiger partial charge in [-0.1, -0.05) is 13.8 Å². The predicted molar refractivity (Wildman–Crippen MR) is 79.5 cm³/mol. The van der Waals surface area contributed by atoms with Gasteiger partial charge in [0.2, 0.25) is 5.95 Å². The van der Waals surface area contributed by atoms with E-state index in [0.717, 1.165) is 37.8 Å². The molecule has 2 rings (SSSR count). The number of hydrogen-bond donors (Lipinski definition) is 3. The van der Waals surface area contributed by atoms with Gasteiger partial charge in [0.1, 0.15) is 5.82 Å². The molecule has 1 aliphatic heterocycles. The molecule has 1 unspecified atom stereocenters. The van der Waals surface area contributed by atoms with Crippen molar-refractivity contribution in [3.63, 3.8) is 0 Å². The highest BCUT2D eigenvalue weighted by Gasteiger charge is 2.13. The van der Waals surface area contributed by atoms with Crippen molar-refractivity contribution in [3.8, 4) is 0 Å². The molecular formula is C14H25N5. The van der Waals surface area contributed by atoms with E-state index in [4.69, 9.17) is 0 Å². The van der Waals surface area contributed by atoms with Crippen molar-refractivity contribution in [2.45, 2.75) is 39.2 Å². The molecule has 0 aromatic carbocycles. The van der Waals surface area contributed by atoms with Crippen LogP contribution in [0.25, 0.3) is 0 Å². The lowest BCUT2D eigenvalue weighted by molar-refractivity contribution is 0.478. The first-order chi connectivity index (χ1) is 9.24. The first-order valence-corrected chi connectivity index (χ1v) is 7.28. The summed E-state index contributed by atoms with van der Waals surface area (Å²) in [7, 11) is 0. The Labute approximate surface area is 115 Å². The fourth-order valence-corrected chi connectivity index (χ4v) is 2.17. The first-order valence-electron chi connectivity index (χ1n) is 7.28. The van der Waals surface area contributed by atoms with Crippen LogP contribution in [0.3, 0.4) is 0 Å². The predicted octanol–water partition coefficient (Wildman–Crippen LogP) is 2.10. The Morgan fingerprint density at radius 2 is 2.37 bits per heavy atom. The van der Waals surface area contributed by atoms with E-state index in [1.165, 1.54) is 12.8 Å². The number of piperidine rings is 1. The van der Waals surface area contributed by atoms with Gasteiger partial charge in [-0.05, 0) is 37.8 Å². The number of anilines is 2. The van der Waals surface area contributed by atoms with Crippen molar-refractivity contribution in [1.82, 2.24) is 15.3 Å². The maximum Gasteiger partial charge on any atom is 0.224 e. The van der Waals surface area contributed by atoms with Crippen LogP contribution in [0.1, 0.15) is 33.1 Å². The minimum absolute atomic E-state index is 0.444. The molecule has 1 fully saturated rings. The fourth-order valence-electron chi connectivity index (χ4n) is 2.17. The molecule has 0 spiro atoms. The number of hydrogen-bond acceptors (Lipinski definition) is 5. The SMILES string of the molecule is CC(C)CCNc1ccnc(NC2CCCNC2)n1. The van der Waals surface area contributed by atoms with Crippen molar-refractivity contribution < 1.29 is 0 Å². The Hall–Kier alpha value is -1.36. The zero-order chi connectivity index (χ0) is 13.5. The molecule has 1 aromatic rings. The van der Waals surface area contributed by atoms with Crippen LogP contribution in [0.15, 0.2) is 12.3 Å². The second-order valence-corrected chi connectivity index (χ2v) is 5.56. The van der Waals surface area contributed by atoms with Gasteiger partial charge in [-0.3, -0.25) is 0 Å². The molecule has 1 aliphatic rings. The van der Waals surface area contributed by atoms with Crippen LogP contribution < -0.4 is 16.0 Å². The summed E-state index contributed by atoms with van der Waals surface area (Å²) in [6, 6.07) is 2.37. The average Bonchev–Trinajstić information content (AvgIpc) is 2.40. The molecule has 5 nitrogen and oxygen atoms in total. The summed E-state index contributed by atoms with van der Waals surface area (Å²) in [5.41, 5.74) is 0. The smallest absolute Gasteiger partial charge is 0.224 e. The molecule has 1 atom stereocenters. The molecule has 2 heterocycles. The van der Waals surface area contributed by atoms with Gasteiger partial charge in [0.25, 0.3) is 0 Å². The molecule has 5 heteroatoms. The molecule has 3 N–H and O–H groups in total. The Morgan fingerprint density at radius 3 is 3.11 bits per heavy atom. The quantitative estimate of drug-likeness (QED) is 0.733. The summed E-state index contributed by atoms with van der Waals surface area (Å²) in [6.45, 7) is 7.53. The largest absolute Gasteiger partial charge is 0.370 e. The van der Waals surface area contributed by atoms with Crippen molar-refractivity contribution in [1.29, 1.82) is 0 Å². The summed E-state index contributed by atoms with van der Waals surface area (Å²) in [5.74, 6) is 2.34. The van der Waals surface area contributed by atoms with E-state index in [0.29, 0.717) is 12.0 Å². The summed E-state index contributed by atoms with van der Waals surface area (Å²) in [5, 5.41) is 10.1. The van der Waals surface area contributed by atoms with Crippen LogP contribution in [-0.2, 0) is 0 Å². The molecule has 0 radical (unpaired) electrons. The monoisotopic (exact) mass is 263 g/mol. The second-order valence-electron chi connectivity index (χ2n) is 5.56. The van der Waals surface area contributed by atoms with E-state index in [-0.39, 0.29) is 0 Å². The normalized spacial score (nSPS) is 19.4. The Balaban J connectivity index is 1.83. The molecule has 0 amide bonds. The van der Waals surface area contributed by atoms with Crippen molar-refractivity contribution in [2.24, 2.45) is 5.92 Å². The number of rotatable bonds is 6. The molecule has 0 bridgehead atoms. The highest BCUT2D eigenvalue weighted by molar-refractivity contribution is 5.40. The van der Waals surface area contributed by atoms with E-state index >= 15 is 0 Å². The molecule has 0 saturated carbocycles. The van der Waals surface area contributed by atoms with Gasteiger partial charge >= 0.3 is 0 Å².